The lowest BCUT2D eigenvalue weighted by Crippen LogP contribution is -2.58. The first-order chi connectivity index (χ1) is 60.3. The molecule has 3 heterocycles. The molecular weight excluding hydrogens is 1720 g/mol. The first-order valence-electron chi connectivity index (χ1n) is 39.1. The zero-order chi connectivity index (χ0) is 93.2. The Balaban J connectivity index is 1.21. The zero-order valence-electron chi connectivity index (χ0n) is 67.3. The highest BCUT2D eigenvalue weighted by molar-refractivity contribution is 7.94. The number of rotatable bonds is 38. The minimum atomic E-state index is -5.36. The molecule has 0 radical (unpaired) electrons. The van der Waals surface area contributed by atoms with Crippen molar-refractivity contribution in [2.75, 3.05) is 44.7 Å². The van der Waals surface area contributed by atoms with E-state index in [0.717, 1.165) is 6.20 Å². The molecule has 0 unspecified atom stereocenters. The predicted molar refractivity (Wildman–Crippen MR) is 431 cm³/mol. The summed E-state index contributed by atoms with van der Waals surface area (Å²) in [6.07, 6.45) is -13.7. The third kappa shape index (κ3) is 37.6. The lowest BCUT2D eigenvalue weighted by atomic mass is 10.0. The maximum Gasteiger partial charge on any atom is 0.471 e. The smallest absolute Gasteiger partial charge is 0.471 e. The number of amides is 15. The Morgan fingerprint density at radius 2 is 0.913 bits per heavy atom. The largest absolute Gasteiger partial charge is 0.481 e. The summed E-state index contributed by atoms with van der Waals surface area (Å²) >= 11 is 0.670. The fourth-order valence-corrected chi connectivity index (χ4v) is 12.5. The fraction of sp³-hybridized carbons (Fsp3) is 0.434. The van der Waals surface area contributed by atoms with Crippen LogP contribution in [0.2, 0.25) is 0 Å². The van der Waals surface area contributed by atoms with Gasteiger partial charge in [-0.05, 0) is 100.0 Å². The molecule has 2 aliphatic rings. The molecule has 23 N–H and O–H groups in total. The molecule has 2 saturated heterocycles. The number of anilines is 1. The van der Waals surface area contributed by atoms with Crippen LogP contribution in [0.15, 0.2) is 113 Å². The van der Waals surface area contributed by atoms with Crippen molar-refractivity contribution in [1.29, 1.82) is 10.8 Å². The molecule has 4 aromatic rings. The van der Waals surface area contributed by atoms with Crippen molar-refractivity contribution in [3.05, 3.63) is 126 Å². The van der Waals surface area contributed by atoms with Gasteiger partial charge >= 0.3 is 36.1 Å². The Bertz CT molecular complexity index is 4590. The number of carbonyl (C=O) groups excluding carboxylic acids is 15. The van der Waals surface area contributed by atoms with Gasteiger partial charge in [0.15, 0.2) is 11.9 Å². The number of aliphatic carboxylic acids is 2. The normalized spacial score (nSPS) is 19.1. The predicted octanol–water partition coefficient (Wildman–Crippen LogP) is -2.05. The molecular formula is C76H94F6N22O22S. The number of hydrazone groups is 1. The maximum atomic E-state index is 14.5. The number of alkyl halides is 6. The Kier molecular flexibility index (Phi) is 41.7. The Hall–Kier alpha value is -14.0. The van der Waals surface area contributed by atoms with E-state index >= 15 is 0 Å². The van der Waals surface area contributed by atoms with Crippen LogP contribution in [0.3, 0.4) is 0 Å². The molecule has 15 amide bonds. The van der Waals surface area contributed by atoms with Crippen molar-refractivity contribution in [2.45, 2.75) is 174 Å². The molecule has 3 aromatic carbocycles. The summed E-state index contributed by atoms with van der Waals surface area (Å²) in [6.45, 7) is -3.04. The van der Waals surface area contributed by atoms with E-state index in [1.54, 1.807) is 84.9 Å². The van der Waals surface area contributed by atoms with Gasteiger partial charge in [0.2, 0.25) is 70.9 Å². The number of hydrogen-bond acceptors (Lipinski definition) is 26. The quantitative estimate of drug-likeness (QED) is 0.00437. The van der Waals surface area contributed by atoms with Crippen molar-refractivity contribution in [3.8, 4) is 0 Å². The average Bonchev–Trinajstić information content (AvgIpc) is 1.80. The molecule has 6 rings (SSSR count). The minimum Gasteiger partial charge on any atom is -0.481 e. The highest BCUT2D eigenvalue weighted by atomic mass is 32.2. The van der Waals surface area contributed by atoms with E-state index in [-0.39, 0.29) is 102 Å². The molecule has 2 aliphatic heterocycles. The number of nitrogens with zero attached hydrogens (tertiary/aromatic N) is 2. The number of guanidine groups is 2. The number of unbranched alkanes of at least 4 members (excludes halogenated alkanes) is 2. The van der Waals surface area contributed by atoms with Crippen LogP contribution in [-0.4, -0.2) is 245 Å². The number of carbonyl (C=O) groups is 17. The van der Waals surface area contributed by atoms with Gasteiger partial charge in [-0.3, -0.25) is 108 Å². The number of pyridine rings is 1. The highest BCUT2D eigenvalue weighted by Gasteiger charge is 2.42. The number of halogens is 6. The first kappa shape index (κ1) is 102. The summed E-state index contributed by atoms with van der Waals surface area (Å²) in [5.74, 6) is -23.5. The lowest BCUT2D eigenvalue weighted by molar-refractivity contribution is -0.432. The van der Waals surface area contributed by atoms with Gasteiger partial charge in [-0.25, -0.2) is 10.2 Å². The molecule has 127 heavy (non-hydrogen) atoms. The third-order valence-electron chi connectivity index (χ3n) is 18.4. The number of aromatic nitrogens is 1. The molecule has 0 aliphatic carbocycles. The monoisotopic (exact) mass is 1810 g/mol. The van der Waals surface area contributed by atoms with Crippen LogP contribution >= 0.6 is 12.0 Å². The molecule has 688 valence electrons. The Labute approximate surface area is 722 Å². The molecule has 51 heteroatoms. The number of nitrogens with one attached hydrogen (secondary N) is 20. The second-order valence-corrected chi connectivity index (χ2v) is 28.9. The van der Waals surface area contributed by atoms with Gasteiger partial charge in [-0.15, -0.1) is 4.33 Å². The summed E-state index contributed by atoms with van der Waals surface area (Å²) < 4.78 is 82.0. The van der Waals surface area contributed by atoms with Crippen molar-refractivity contribution >= 4 is 137 Å². The standard InChI is InChI=1S/C76H94F6N22O22S/c77-75(78,79)71(122)102-73(83)87-31-13-22-45-63(114)90-39-57(106)93-52(35-59(108)109)69(120)100-50(33-41-15-3-1-4-16-41)67(118)98-47(65(116)96-45)20-9-11-29-85-56(105)28-26-49(95-61(112)44-25-27-55(89-37-44)104-92-38-43-19-7-8-24-54(43)127-126-125-124)62(113)86-30-12-10-21-48-66(117)97-46(23-14-32-88-74(84)103-72(123)76(80,81)82)64(115)91-40-58(107)94-53(36-60(110)111)70(121)101-51(68(119)99-48)34-42-17-5-2-6-18-42/h1-8,15-19,24-25,27,37-38,45-53,124H,9-14,20-23,26,28-36,39-40H2,(H,85,105)(H,86,113)(H,89,104)(H,90,114)(H,91,115)(H,93,106)(H,94,107)(H,95,112)(H,96,116)(H,97,117)(H,98,118)(H,99,119)(H,100,120)(H,101,121)(H,108,109)(H,110,111)(H3,83,87,102,122)(H3,84,88,103,123)/b92-38+/t45-,46-,47-,48-,49-,50+,51+,52-,53-/m0/s1. The van der Waals surface area contributed by atoms with Crippen LogP contribution < -0.4 is 95.8 Å². The van der Waals surface area contributed by atoms with E-state index in [0.29, 0.717) is 33.6 Å². The van der Waals surface area contributed by atoms with Gasteiger partial charge in [0, 0.05) is 62.1 Å². The topological polar surface area (TPSA) is 659 Å². The molecule has 9 atom stereocenters. The van der Waals surface area contributed by atoms with Gasteiger partial charge in [0.1, 0.15) is 60.2 Å². The summed E-state index contributed by atoms with van der Waals surface area (Å²) in [7, 11) is 0. The van der Waals surface area contributed by atoms with Crippen LogP contribution in [0.5, 0.6) is 0 Å². The van der Waals surface area contributed by atoms with Crippen LogP contribution in [0.1, 0.15) is 117 Å². The van der Waals surface area contributed by atoms with Crippen LogP contribution in [0.4, 0.5) is 32.2 Å². The number of carboxylic acids is 2. The first-order valence-corrected chi connectivity index (χ1v) is 39.8. The number of carboxylic acid groups (broad SMARTS) is 2. The summed E-state index contributed by atoms with van der Waals surface area (Å²) in [5.41, 5.74) is 3.97. The fourth-order valence-electron chi connectivity index (χ4n) is 12.0. The molecule has 0 saturated carbocycles. The van der Waals surface area contributed by atoms with Gasteiger partial charge in [-0.2, -0.15) is 31.4 Å². The number of hydrogen-bond donors (Lipinski definition) is 23. The van der Waals surface area contributed by atoms with E-state index in [9.17, 15) is 118 Å². The van der Waals surface area contributed by atoms with Gasteiger partial charge in [0.25, 0.3) is 5.91 Å². The second-order valence-electron chi connectivity index (χ2n) is 28.2. The zero-order valence-corrected chi connectivity index (χ0v) is 68.1. The van der Waals surface area contributed by atoms with Crippen LogP contribution in [0, 0.1) is 10.8 Å². The second kappa shape index (κ2) is 52.0. The van der Waals surface area contributed by atoms with Crippen molar-refractivity contribution in [3.63, 3.8) is 0 Å². The van der Waals surface area contributed by atoms with E-state index in [1.807, 2.05) is 0 Å². The third-order valence-corrected chi connectivity index (χ3v) is 19.1. The maximum absolute atomic E-state index is 14.5. The lowest BCUT2D eigenvalue weighted by Gasteiger charge is -2.26. The molecule has 1 aromatic heterocycles. The summed E-state index contributed by atoms with van der Waals surface area (Å²) in [4.78, 5) is 233. The van der Waals surface area contributed by atoms with Crippen molar-refractivity contribution in [2.24, 2.45) is 5.10 Å². The van der Waals surface area contributed by atoms with E-state index in [1.165, 1.54) is 29.0 Å². The molecule has 0 spiro atoms. The van der Waals surface area contributed by atoms with E-state index < -0.39 is 231 Å². The van der Waals surface area contributed by atoms with Gasteiger partial charge in [0.05, 0.1) is 49.8 Å². The van der Waals surface area contributed by atoms with E-state index in [2.05, 4.69) is 105 Å². The average molecular weight is 1810 g/mol. The van der Waals surface area contributed by atoms with Crippen molar-refractivity contribution in [1.82, 2.24) is 95.4 Å². The summed E-state index contributed by atoms with van der Waals surface area (Å²) in [6, 6.07) is 10.4. The Morgan fingerprint density at radius 3 is 1.35 bits per heavy atom. The van der Waals surface area contributed by atoms with Gasteiger partial charge < -0.3 is 90.0 Å². The van der Waals surface area contributed by atoms with Gasteiger partial charge in [-0.1, -0.05) is 83.9 Å². The van der Waals surface area contributed by atoms with Crippen LogP contribution in [0.25, 0.3) is 0 Å². The molecule has 2 fully saturated rings. The molecule has 0 bridgehead atoms. The minimum absolute atomic E-state index is 0.0205. The Morgan fingerprint density at radius 1 is 0.504 bits per heavy atom. The SMILES string of the molecule is N=C(NCCC[C@@H]1NC(=O)[C@H](CCCCNC(=O)CC[C@H](NC(=O)c2ccc(N/N=C/c3ccccc3SOOO)nc2)C(=O)NCCCC[C@@H]2NC(=O)[C@@H](Cc3ccccc3)NC(=O)[C@H](CC(=O)O)NC(=O)CNC(=O)[C@H](CCCNC(=N)NC(=O)C(F)(F)F)NC2=O)NC(=O)[C@@H](Cc2ccccc2)NC(=O)[C@H](CC(=O)O)NC(=O)CNC1=O)NC(=O)C(F)(F)F. The highest BCUT2D eigenvalue weighted by Crippen LogP contribution is 2.23. The van der Waals surface area contributed by atoms with Crippen molar-refractivity contribution < 1.29 is 133 Å². The molecule has 44 nitrogen and oxygen atoms in total. The number of benzene rings is 3. The summed E-state index contributed by atoms with van der Waals surface area (Å²) in [5, 5.41) is 90.0. The van der Waals surface area contributed by atoms with E-state index in [4.69, 9.17) is 16.1 Å². The van der Waals surface area contributed by atoms with Crippen LogP contribution in [-0.2, 0) is 98.9 Å².